The summed E-state index contributed by atoms with van der Waals surface area (Å²) in [6.07, 6.45) is 0. The van der Waals surface area contributed by atoms with E-state index >= 15 is 0 Å². The van der Waals surface area contributed by atoms with Crippen LogP contribution in [0.2, 0.25) is 0 Å². The number of carbonyl (C=O) groups is 1. The largest absolute Gasteiger partial charge is 0.462 e. The van der Waals surface area contributed by atoms with E-state index in [-0.39, 0.29) is 23.3 Å². The lowest BCUT2D eigenvalue weighted by atomic mass is 10.0. The number of nitrogens with zero attached hydrogens (tertiary/aromatic N) is 2. The molecule has 0 aliphatic carbocycles. The second-order valence-electron chi connectivity index (χ2n) is 3.23. The Morgan fingerprint density at radius 2 is 2.28 bits per heavy atom. The van der Waals surface area contributed by atoms with E-state index in [2.05, 4.69) is 0 Å². The quantitative estimate of drug-likeness (QED) is 0.486. The van der Waals surface area contributed by atoms with Crippen LogP contribution in [0.5, 0.6) is 0 Å². The topological polar surface area (TPSA) is 113 Å². The van der Waals surface area contributed by atoms with Crippen LogP contribution in [0.4, 0.5) is 5.69 Å². The van der Waals surface area contributed by atoms with Crippen molar-refractivity contribution in [2.75, 3.05) is 6.61 Å². The summed E-state index contributed by atoms with van der Waals surface area (Å²) in [5.74, 6) is -0.751. The smallest absolute Gasteiger partial charge is 0.339 e. The third-order valence-corrected chi connectivity index (χ3v) is 2.25. The minimum Gasteiger partial charge on any atom is -0.462 e. The average molecular weight is 250 g/mol. The van der Waals surface area contributed by atoms with Crippen molar-refractivity contribution in [1.29, 1.82) is 5.26 Å². The fourth-order valence-electron chi connectivity index (χ4n) is 1.47. The molecule has 0 heterocycles. The molecule has 0 aliphatic heterocycles. The Morgan fingerprint density at radius 1 is 1.61 bits per heavy atom. The van der Waals surface area contributed by atoms with Crippen molar-refractivity contribution in [3.05, 3.63) is 38.9 Å². The first-order valence-electron chi connectivity index (χ1n) is 5.05. The van der Waals surface area contributed by atoms with Crippen LogP contribution in [0, 0.1) is 21.4 Å². The highest BCUT2D eigenvalue weighted by molar-refractivity contribution is 5.93. The maximum atomic E-state index is 11.5. The molecule has 0 unspecified atom stereocenters. The summed E-state index contributed by atoms with van der Waals surface area (Å²) in [7, 11) is 0. The Hall–Kier alpha value is -2.46. The molecule has 0 aromatic heterocycles. The van der Waals surface area contributed by atoms with Crippen molar-refractivity contribution in [1.82, 2.24) is 0 Å². The molecule has 94 valence electrons. The SMILES string of the molecule is CCOC(=O)c1ccc([N+](=O)[O-])c(CO)c1C#N. The van der Waals surface area contributed by atoms with Gasteiger partial charge in [0.25, 0.3) is 5.69 Å². The molecule has 0 spiro atoms. The van der Waals surface area contributed by atoms with Crippen LogP contribution in [0.3, 0.4) is 0 Å². The first-order valence-corrected chi connectivity index (χ1v) is 5.05. The van der Waals surface area contributed by atoms with Crippen molar-refractivity contribution in [2.45, 2.75) is 13.5 Å². The van der Waals surface area contributed by atoms with Crippen LogP contribution in [-0.4, -0.2) is 22.6 Å². The number of ether oxygens (including phenoxy) is 1. The Kier molecular flexibility index (Phi) is 4.34. The van der Waals surface area contributed by atoms with E-state index < -0.39 is 23.2 Å². The summed E-state index contributed by atoms with van der Waals surface area (Å²) in [4.78, 5) is 21.6. The molecule has 0 aliphatic rings. The first kappa shape index (κ1) is 13.6. The third kappa shape index (κ3) is 2.44. The number of hydrogen-bond donors (Lipinski definition) is 1. The number of aliphatic hydroxyl groups excluding tert-OH is 1. The highest BCUT2D eigenvalue weighted by Gasteiger charge is 2.23. The second kappa shape index (κ2) is 5.75. The number of nitriles is 1. The lowest BCUT2D eigenvalue weighted by molar-refractivity contribution is -0.385. The average Bonchev–Trinajstić information content (AvgIpc) is 2.36. The lowest BCUT2D eigenvalue weighted by Crippen LogP contribution is -2.10. The Bertz CT molecular complexity index is 533. The molecule has 1 aromatic rings. The predicted octanol–water partition coefficient (Wildman–Crippen LogP) is 1.14. The van der Waals surface area contributed by atoms with E-state index in [1.54, 1.807) is 13.0 Å². The van der Waals surface area contributed by atoms with Crippen molar-refractivity contribution in [3.63, 3.8) is 0 Å². The fourth-order valence-corrected chi connectivity index (χ4v) is 1.47. The number of hydrogen-bond acceptors (Lipinski definition) is 6. The molecule has 7 nitrogen and oxygen atoms in total. The fraction of sp³-hybridized carbons (Fsp3) is 0.273. The monoisotopic (exact) mass is 250 g/mol. The molecule has 18 heavy (non-hydrogen) atoms. The van der Waals surface area contributed by atoms with Crippen molar-refractivity contribution in [2.24, 2.45) is 0 Å². The molecule has 0 amide bonds. The van der Waals surface area contributed by atoms with Crippen LogP contribution < -0.4 is 0 Å². The van der Waals surface area contributed by atoms with Gasteiger partial charge >= 0.3 is 5.97 Å². The summed E-state index contributed by atoms with van der Waals surface area (Å²) in [5.41, 5.74) is -0.908. The van der Waals surface area contributed by atoms with E-state index in [0.29, 0.717) is 0 Å². The number of esters is 1. The zero-order valence-corrected chi connectivity index (χ0v) is 9.54. The molecule has 1 aromatic carbocycles. The number of aliphatic hydroxyl groups is 1. The van der Waals surface area contributed by atoms with Gasteiger partial charge in [-0.05, 0) is 13.0 Å². The van der Waals surface area contributed by atoms with Crippen molar-refractivity contribution >= 4 is 11.7 Å². The molecule has 0 saturated heterocycles. The van der Waals surface area contributed by atoms with Crippen molar-refractivity contribution < 1.29 is 19.6 Å². The normalized spacial score (nSPS) is 9.61. The summed E-state index contributed by atoms with van der Waals surface area (Å²) in [6.45, 7) is 1.02. The summed E-state index contributed by atoms with van der Waals surface area (Å²) >= 11 is 0. The number of nitro benzene ring substituents is 1. The van der Waals surface area contributed by atoms with E-state index in [4.69, 9.17) is 15.1 Å². The molecule has 1 rings (SSSR count). The number of benzene rings is 1. The van der Waals surface area contributed by atoms with Gasteiger partial charge < -0.3 is 9.84 Å². The standard InChI is InChI=1S/C11H10N2O5/c1-2-18-11(15)7-3-4-10(13(16)17)9(6-14)8(7)5-12/h3-4,14H,2,6H2,1H3. The minimum absolute atomic E-state index is 0.0889. The summed E-state index contributed by atoms with van der Waals surface area (Å²) < 4.78 is 4.73. The zero-order chi connectivity index (χ0) is 13.7. The molecule has 0 fully saturated rings. The molecule has 0 saturated carbocycles. The summed E-state index contributed by atoms with van der Waals surface area (Å²) in [6, 6.07) is 3.90. The first-order chi connectivity index (χ1) is 8.56. The van der Waals surface area contributed by atoms with Gasteiger partial charge in [0, 0.05) is 6.07 Å². The van der Waals surface area contributed by atoms with E-state index in [0.717, 1.165) is 12.1 Å². The Labute approximate surface area is 102 Å². The van der Waals surface area contributed by atoms with Crippen LogP contribution in [0.25, 0.3) is 0 Å². The lowest BCUT2D eigenvalue weighted by Gasteiger charge is -2.07. The molecule has 0 radical (unpaired) electrons. The molecule has 7 heteroatoms. The van der Waals surface area contributed by atoms with Gasteiger partial charge in [-0.3, -0.25) is 10.1 Å². The molecular weight excluding hydrogens is 240 g/mol. The maximum Gasteiger partial charge on any atom is 0.339 e. The van der Waals surface area contributed by atoms with Crippen LogP contribution in [0.15, 0.2) is 12.1 Å². The van der Waals surface area contributed by atoms with E-state index in [1.165, 1.54) is 0 Å². The molecule has 0 atom stereocenters. The third-order valence-electron chi connectivity index (χ3n) is 2.25. The molecule has 0 bridgehead atoms. The molecule has 1 N–H and O–H groups in total. The highest BCUT2D eigenvalue weighted by Crippen LogP contribution is 2.25. The van der Waals surface area contributed by atoms with Gasteiger partial charge in [-0.2, -0.15) is 5.26 Å². The van der Waals surface area contributed by atoms with Crippen LogP contribution in [-0.2, 0) is 11.3 Å². The predicted molar refractivity (Wildman–Crippen MR) is 59.7 cm³/mol. The Morgan fingerprint density at radius 3 is 2.72 bits per heavy atom. The van der Waals surface area contributed by atoms with Gasteiger partial charge in [0.15, 0.2) is 0 Å². The highest BCUT2D eigenvalue weighted by atomic mass is 16.6. The van der Waals surface area contributed by atoms with E-state index in [9.17, 15) is 14.9 Å². The number of nitro groups is 1. The summed E-state index contributed by atoms with van der Waals surface area (Å²) in [5, 5.41) is 28.8. The maximum absolute atomic E-state index is 11.5. The van der Waals surface area contributed by atoms with Gasteiger partial charge in [-0.1, -0.05) is 0 Å². The van der Waals surface area contributed by atoms with Gasteiger partial charge in [-0.15, -0.1) is 0 Å². The van der Waals surface area contributed by atoms with Crippen LogP contribution >= 0.6 is 0 Å². The minimum atomic E-state index is -0.751. The Balaban J connectivity index is 3.45. The van der Waals surface area contributed by atoms with Gasteiger partial charge in [0.1, 0.15) is 6.07 Å². The van der Waals surface area contributed by atoms with Crippen molar-refractivity contribution in [3.8, 4) is 6.07 Å². The van der Waals surface area contributed by atoms with Gasteiger partial charge in [-0.25, -0.2) is 4.79 Å². The molecular formula is C11H10N2O5. The zero-order valence-electron chi connectivity index (χ0n) is 9.54. The van der Waals surface area contributed by atoms with Crippen LogP contribution in [0.1, 0.15) is 28.4 Å². The number of rotatable bonds is 4. The number of carbonyl (C=O) groups excluding carboxylic acids is 1. The van der Waals surface area contributed by atoms with Gasteiger partial charge in [0.2, 0.25) is 0 Å². The van der Waals surface area contributed by atoms with E-state index in [1.807, 2.05) is 0 Å². The van der Waals surface area contributed by atoms with Gasteiger partial charge in [0.05, 0.1) is 34.8 Å². The second-order valence-corrected chi connectivity index (χ2v) is 3.23.